The summed E-state index contributed by atoms with van der Waals surface area (Å²) in [6, 6.07) is 0. The van der Waals surface area contributed by atoms with Crippen LogP contribution in [0.15, 0.2) is 0 Å². The molecular weight excluding hydrogens is 236 g/mol. The van der Waals surface area contributed by atoms with E-state index in [1.165, 1.54) is 32.1 Å². The zero-order valence-electron chi connectivity index (χ0n) is 13.5. The van der Waals surface area contributed by atoms with E-state index in [4.69, 9.17) is 0 Å². The molecule has 0 radical (unpaired) electrons. The number of nitrogens with zero attached hydrogens (tertiary/aromatic N) is 1. The minimum absolute atomic E-state index is 0.190. The number of carbonyl (C=O) groups excluding carboxylic acids is 1. The van der Waals surface area contributed by atoms with Gasteiger partial charge in [0.1, 0.15) is 0 Å². The molecule has 1 aliphatic carbocycles. The van der Waals surface area contributed by atoms with Crippen molar-refractivity contribution in [2.45, 2.75) is 46.0 Å². The molecule has 1 fully saturated rings. The molecule has 0 bridgehead atoms. The maximum absolute atomic E-state index is 11.8. The molecule has 0 aromatic rings. The summed E-state index contributed by atoms with van der Waals surface area (Å²) in [4.78, 5) is 11.8. The zero-order valence-corrected chi connectivity index (χ0v) is 13.5. The Bertz CT molecular complexity index is 283. The van der Waals surface area contributed by atoms with E-state index in [0.29, 0.717) is 16.9 Å². The third-order valence-corrected chi connectivity index (χ3v) is 4.33. The standard InChI is InChI=1S/C16H32N2O/c1-6-7-14-8-9-15(13(2)10-14)11-17-16(19)12-18(3,4)5/h13-15H,6-12H2,1-5H3/p+1/t13?,14?,15-/m0/s1. The molecule has 1 N–H and O–H groups in total. The van der Waals surface area contributed by atoms with Crippen molar-refractivity contribution in [3.63, 3.8) is 0 Å². The highest BCUT2D eigenvalue weighted by molar-refractivity contribution is 5.77. The van der Waals surface area contributed by atoms with Crippen molar-refractivity contribution in [2.75, 3.05) is 34.2 Å². The van der Waals surface area contributed by atoms with E-state index in [2.05, 4.69) is 40.3 Å². The predicted octanol–water partition coefficient (Wildman–Crippen LogP) is 2.66. The van der Waals surface area contributed by atoms with Crippen LogP contribution in [0.4, 0.5) is 0 Å². The first-order valence-corrected chi connectivity index (χ1v) is 7.89. The number of amides is 1. The van der Waals surface area contributed by atoms with E-state index in [0.717, 1.165) is 18.4 Å². The number of likely N-dealkylation sites (N-methyl/N-ethyl adjacent to an activating group) is 1. The maximum Gasteiger partial charge on any atom is 0.275 e. The summed E-state index contributed by atoms with van der Waals surface area (Å²) < 4.78 is 0.699. The van der Waals surface area contributed by atoms with Gasteiger partial charge in [-0.3, -0.25) is 4.79 Å². The Morgan fingerprint density at radius 2 is 1.95 bits per heavy atom. The Morgan fingerprint density at radius 1 is 1.26 bits per heavy atom. The largest absolute Gasteiger partial charge is 0.351 e. The number of quaternary nitrogens is 1. The molecule has 0 spiro atoms. The van der Waals surface area contributed by atoms with Crippen molar-refractivity contribution in [3.8, 4) is 0 Å². The minimum atomic E-state index is 0.190. The van der Waals surface area contributed by atoms with Crippen LogP contribution in [0.2, 0.25) is 0 Å². The van der Waals surface area contributed by atoms with Gasteiger partial charge in [0, 0.05) is 6.54 Å². The minimum Gasteiger partial charge on any atom is -0.351 e. The van der Waals surface area contributed by atoms with E-state index in [1.54, 1.807) is 0 Å². The molecule has 0 saturated heterocycles. The third kappa shape index (κ3) is 6.42. The summed E-state index contributed by atoms with van der Waals surface area (Å²) in [5, 5.41) is 3.13. The molecule has 1 amide bonds. The normalized spacial score (nSPS) is 28.2. The van der Waals surface area contributed by atoms with Crippen LogP contribution in [0.25, 0.3) is 0 Å². The van der Waals surface area contributed by atoms with Gasteiger partial charge in [-0.15, -0.1) is 0 Å². The molecule has 19 heavy (non-hydrogen) atoms. The first-order chi connectivity index (χ1) is 8.81. The van der Waals surface area contributed by atoms with Crippen molar-refractivity contribution < 1.29 is 9.28 Å². The Hall–Kier alpha value is -0.570. The fourth-order valence-electron chi connectivity index (χ4n) is 3.28. The van der Waals surface area contributed by atoms with Gasteiger partial charge >= 0.3 is 0 Å². The molecule has 0 aromatic carbocycles. The molecule has 112 valence electrons. The van der Waals surface area contributed by atoms with Gasteiger partial charge in [-0.25, -0.2) is 0 Å². The summed E-state index contributed by atoms with van der Waals surface area (Å²) in [5.41, 5.74) is 0. The molecular formula is C16H33N2O+. The lowest BCUT2D eigenvalue weighted by Gasteiger charge is -2.34. The quantitative estimate of drug-likeness (QED) is 0.738. The lowest BCUT2D eigenvalue weighted by atomic mass is 9.73. The van der Waals surface area contributed by atoms with Gasteiger partial charge in [0.2, 0.25) is 0 Å². The van der Waals surface area contributed by atoms with Crippen LogP contribution in [-0.4, -0.2) is 44.6 Å². The van der Waals surface area contributed by atoms with Crippen LogP contribution in [0.5, 0.6) is 0 Å². The van der Waals surface area contributed by atoms with Crippen LogP contribution in [0.1, 0.15) is 46.0 Å². The van der Waals surface area contributed by atoms with E-state index >= 15 is 0 Å². The van der Waals surface area contributed by atoms with Gasteiger partial charge in [0.05, 0.1) is 21.1 Å². The second kappa shape index (κ2) is 7.28. The van der Waals surface area contributed by atoms with Crippen molar-refractivity contribution in [1.29, 1.82) is 0 Å². The average molecular weight is 269 g/mol. The molecule has 1 rings (SSSR count). The highest BCUT2D eigenvalue weighted by Crippen LogP contribution is 2.35. The molecule has 0 aliphatic heterocycles. The number of hydrogen-bond donors (Lipinski definition) is 1. The summed E-state index contributed by atoms with van der Waals surface area (Å²) in [7, 11) is 6.16. The zero-order chi connectivity index (χ0) is 14.5. The SMILES string of the molecule is CCCC1CC[C@@H](CNC(=O)C[N+](C)(C)C)C(C)C1. The average Bonchev–Trinajstić information content (AvgIpc) is 2.26. The smallest absolute Gasteiger partial charge is 0.275 e. The monoisotopic (exact) mass is 269 g/mol. The first-order valence-electron chi connectivity index (χ1n) is 7.89. The lowest BCUT2D eigenvalue weighted by Crippen LogP contribution is -2.46. The van der Waals surface area contributed by atoms with Gasteiger partial charge in [-0.1, -0.05) is 33.1 Å². The molecule has 3 nitrogen and oxygen atoms in total. The molecule has 0 heterocycles. The number of nitrogens with one attached hydrogen (secondary N) is 1. The number of rotatable bonds is 6. The summed E-state index contributed by atoms with van der Waals surface area (Å²) in [5.74, 6) is 2.56. The van der Waals surface area contributed by atoms with Crippen molar-refractivity contribution in [2.24, 2.45) is 17.8 Å². The van der Waals surface area contributed by atoms with Gasteiger partial charge in [0.25, 0.3) is 5.91 Å². The summed E-state index contributed by atoms with van der Waals surface area (Å²) >= 11 is 0. The van der Waals surface area contributed by atoms with E-state index in [9.17, 15) is 4.79 Å². The molecule has 1 aliphatic rings. The first kappa shape index (κ1) is 16.5. The van der Waals surface area contributed by atoms with Crippen molar-refractivity contribution >= 4 is 5.91 Å². The molecule has 0 aromatic heterocycles. The van der Waals surface area contributed by atoms with E-state index < -0.39 is 0 Å². The third-order valence-electron chi connectivity index (χ3n) is 4.33. The Kier molecular flexibility index (Phi) is 6.31. The highest BCUT2D eigenvalue weighted by Gasteiger charge is 2.27. The van der Waals surface area contributed by atoms with Crippen molar-refractivity contribution in [1.82, 2.24) is 5.32 Å². The number of hydrogen-bond acceptors (Lipinski definition) is 1. The summed E-state index contributed by atoms with van der Waals surface area (Å²) in [6.07, 6.45) is 6.68. The molecule has 3 atom stereocenters. The van der Waals surface area contributed by atoms with Gasteiger partial charge in [-0.2, -0.15) is 0 Å². The van der Waals surface area contributed by atoms with Crippen LogP contribution >= 0.6 is 0 Å². The highest BCUT2D eigenvalue weighted by atomic mass is 16.2. The van der Waals surface area contributed by atoms with Crippen LogP contribution in [0.3, 0.4) is 0 Å². The summed E-state index contributed by atoms with van der Waals surface area (Å²) in [6.45, 7) is 6.08. The Morgan fingerprint density at radius 3 is 2.47 bits per heavy atom. The fourth-order valence-corrected chi connectivity index (χ4v) is 3.28. The van der Waals surface area contributed by atoms with Gasteiger partial charge in [0.15, 0.2) is 6.54 Å². The topological polar surface area (TPSA) is 29.1 Å². The molecule has 3 heteroatoms. The number of carbonyl (C=O) groups is 1. The fraction of sp³-hybridized carbons (Fsp3) is 0.938. The van der Waals surface area contributed by atoms with Gasteiger partial charge in [-0.05, 0) is 30.6 Å². The maximum atomic E-state index is 11.8. The Labute approximate surface area is 119 Å². The van der Waals surface area contributed by atoms with Crippen LogP contribution < -0.4 is 5.32 Å². The molecule has 2 unspecified atom stereocenters. The van der Waals surface area contributed by atoms with Gasteiger partial charge < -0.3 is 9.80 Å². The lowest BCUT2D eigenvalue weighted by molar-refractivity contribution is -0.862. The molecule has 1 saturated carbocycles. The van der Waals surface area contributed by atoms with E-state index in [1.807, 2.05) is 0 Å². The second-order valence-corrected chi connectivity index (χ2v) is 7.46. The van der Waals surface area contributed by atoms with E-state index in [-0.39, 0.29) is 5.91 Å². The Balaban J connectivity index is 2.29. The second-order valence-electron chi connectivity index (χ2n) is 7.46. The van der Waals surface area contributed by atoms with Crippen LogP contribution in [-0.2, 0) is 4.79 Å². The van der Waals surface area contributed by atoms with Crippen LogP contribution in [0, 0.1) is 17.8 Å². The predicted molar refractivity (Wildman–Crippen MR) is 80.8 cm³/mol. The van der Waals surface area contributed by atoms with Crippen molar-refractivity contribution in [3.05, 3.63) is 0 Å².